The van der Waals surface area contributed by atoms with Crippen LogP contribution < -0.4 is 5.32 Å². The molecule has 1 atom stereocenters. The summed E-state index contributed by atoms with van der Waals surface area (Å²) in [6, 6.07) is 8.95. The number of fused-ring (bicyclic) bond motifs is 1. The van der Waals surface area contributed by atoms with Gasteiger partial charge in [0.05, 0.1) is 18.3 Å². The minimum atomic E-state index is 0.156. The highest BCUT2D eigenvalue weighted by atomic mass is 16.5. The van der Waals surface area contributed by atoms with Crippen LogP contribution in [0.3, 0.4) is 0 Å². The van der Waals surface area contributed by atoms with Crippen LogP contribution in [0.1, 0.15) is 31.2 Å². The molecule has 6 heteroatoms. The molecule has 4 rings (SSSR count). The van der Waals surface area contributed by atoms with Gasteiger partial charge in [-0.3, -0.25) is 4.79 Å². The van der Waals surface area contributed by atoms with Crippen molar-refractivity contribution in [1.29, 1.82) is 0 Å². The van der Waals surface area contributed by atoms with Gasteiger partial charge in [-0.05, 0) is 19.8 Å². The van der Waals surface area contributed by atoms with Gasteiger partial charge in [-0.1, -0.05) is 29.8 Å². The van der Waals surface area contributed by atoms with Crippen LogP contribution in [0.2, 0.25) is 0 Å². The summed E-state index contributed by atoms with van der Waals surface area (Å²) in [6.07, 6.45) is 4.32. The maximum atomic E-state index is 11.4. The Morgan fingerprint density at radius 3 is 2.70 bits per heavy atom. The van der Waals surface area contributed by atoms with E-state index in [0.717, 1.165) is 56.1 Å². The number of aryl methyl sites for hydroxylation is 1. The zero-order valence-electron chi connectivity index (χ0n) is 16.1. The minimum Gasteiger partial charge on any atom is -0.367 e. The van der Waals surface area contributed by atoms with Gasteiger partial charge in [0, 0.05) is 44.4 Å². The van der Waals surface area contributed by atoms with Crippen LogP contribution in [0, 0.1) is 6.92 Å². The van der Waals surface area contributed by atoms with E-state index in [1.165, 1.54) is 5.56 Å². The quantitative estimate of drug-likeness (QED) is 0.900. The number of imidazole rings is 1. The second-order valence-electron chi connectivity index (χ2n) is 7.68. The van der Waals surface area contributed by atoms with Crippen molar-refractivity contribution in [1.82, 2.24) is 19.8 Å². The van der Waals surface area contributed by atoms with Crippen molar-refractivity contribution in [2.24, 2.45) is 0 Å². The fourth-order valence-corrected chi connectivity index (χ4v) is 3.88. The highest BCUT2D eigenvalue weighted by Gasteiger charge is 2.24. The molecule has 2 aliphatic heterocycles. The number of carbonyl (C=O) groups excluding carboxylic acids is 1. The first-order valence-corrected chi connectivity index (χ1v) is 9.82. The van der Waals surface area contributed by atoms with E-state index >= 15 is 0 Å². The summed E-state index contributed by atoms with van der Waals surface area (Å²) in [6.45, 7) is 7.67. The fraction of sp³-hybridized carbons (Fsp3) is 0.524. The van der Waals surface area contributed by atoms with Crippen molar-refractivity contribution in [3.05, 3.63) is 41.9 Å². The minimum absolute atomic E-state index is 0.156. The average Bonchev–Trinajstić information content (AvgIpc) is 3.10. The van der Waals surface area contributed by atoms with E-state index in [1.807, 2.05) is 4.90 Å². The van der Waals surface area contributed by atoms with Crippen LogP contribution in [0.25, 0.3) is 11.3 Å². The number of amides is 1. The Kier molecular flexibility index (Phi) is 5.27. The van der Waals surface area contributed by atoms with Crippen LogP contribution in [0.15, 0.2) is 30.5 Å². The second kappa shape index (κ2) is 7.82. The number of benzene rings is 1. The molecule has 1 saturated heterocycles. The van der Waals surface area contributed by atoms with Crippen LogP contribution >= 0.6 is 0 Å². The Labute approximate surface area is 160 Å². The van der Waals surface area contributed by atoms with Gasteiger partial charge in [-0.15, -0.1) is 0 Å². The lowest BCUT2D eigenvalue weighted by Crippen LogP contribution is -2.47. The Morgan fingerprint density at radius 1 is 1.26 bits per heavy atom. The number of aromatic nitrogens is 2. The summed E-state index contributed by atoms with van der Waals surface area (Å²) in [5.41, 5.74) is 3.42. The largest absolute Gasteiger partial charge is 0.367 e. The standard InChI is InChI=1S/C21H28N4O2/c1-15-3-5-17(6-4-15)20-13-25-12-19(27-14-21(25)23-20)11-22-18-7-9-24(10-8-18)16(2)26/h3-6,13,18-19,22H,7-12,14H2,1-2H3. The molecule has 1 aromatic heterocycles. The molecule has 1 fully saturated rings. The third kappa shape index (κ3) is 4.22. The molecule has 1 N–H and O–H groups in total. The van der Waals surface area contributed by atoms with E-state index in [2.05, 4.69) is 47.3 Å². The summed E-state index contributed by atoms with van der Waals surface area (Å²) in [5.74, 6) is 1.18. The fourth-order valence-electron chi connectivity index (χ4n) is 3.88. The topological polar surface area (TPSA) is 59.4 Å². The van der Waals surface area contributed by atoms with Crippen molar-refractivity contribution >= 4 is 5.91 Å². The molecule has 0 saturated carbocycles. The van der Waals surface area contributed by atoms with Crippen molar-refractivity contribution < 1.29 is 9.53 Å². The Morgan fingerprint density at radius 2 is 2.00 bits per heavy atom. The molecule has 3 heterocycles. The Bertz CT molecular complexity index is 791. The van der Waals surface area contributed by atoms with E-state index in [0.29, 0.717) is 12.6 Å². The average molecular weight is 368 g/mol. The van der Waals surface area contributed by atoms with E-state index in [1.54, 1.807) is 6.92 Å². The summed E-state index contributed by atoms with van der Waals surface area (Å²) in [5, 5.41) is 3.63. The van der Waals surface area contributed by atoms with Gasteiger partial charge in [0.15, 0.2) is 0 Å². The van der Waals surface area contributed by atoms with E-state index < -0.39 is 0 Å². The summed E-state index contributed by atoms with van der Waals surface area (Å²) in [4.78, 5) is 18.1. The predicted octanol–water partition coefficient (Wildman–Crippen LogP) is 2.36. The van der Waals surface area contributed by atoms with Gasteiger partial charge in [0.2, 0.25) is 5.91 Å². The molecule has 144 valence electrons. The van der Waals surface area contributed by atoms with Crippen LogP contribution in [0.5, 0.6) is 0 Å². The highest BCUT2D eigenvalue weighted by molar-refractivity contribution is 5.73. The molecule has 27 heavy (non-hydrogen) atoms. The molecule has 1 unspecified atom stereocenters. The summed E-state index contributed by atoms with van der Waals surface area (Å²) >= 11 is 0. The van der Waals surface area contributed by atoms with E-state index in [-0.39, 0.29) is 12.0 Å². The first-order valence-electron chi connectivity index (χ1n) is 9.82. The van der Waals surface area contributed by atoms with Gasteiger partial charge in [0.25, 0.3) is 0 Å². The molecule has 1 amide bonds. The Balaban J connectivity index is 1.31. The smallest absolute Gasteiger partial charge is 0.219 e. The molecular weight excluding hydrogens is 340 g/mol. The van der Waals surface area contributed by atoms with Gasteiger partial charge < -0.3 is 19.5 Å². The van der Waals surface area contributed by atoms with Crippen molar-refractivity contribution in [2.75, 3.05) is 19.6 Å². The number of nitrogens with zero attached hydrogens (tertiary/aromatic N) is 3. The van der Waals surface area contributed by atoms with Gasteiger partial charge in [-0.2, -0.15) is 0 Å². The monoisotopic (exact) mass is 368 g/mol. The van der Waals surface area contributed by atoms with Crippen molar-refractivity contribution in [3.63, 3.8) is 0 Å². The second-order valence-corrected chi connectivity index (χ2v) is 7.68. The lowest BCUT2D eigenvalue weighted by molar-refractivity contribution is -0.129. The molecule has 6 nitrogen and oxygen atoms in total. The van der Waals surface area contributed by atoms with Crippen molar-refractivity contribution in [2.45, 2.75) is 52.0 Å². The number of nitrogens with one attached hydrogen (secondary N) is 1. The normalized spacial score (nSPS) is 20.5. The maximum absolute atomic E-state index is 11.4. The SMILES string of the molecule is CC(=O)N1CCC(NCC2Cn3cc(-c4ccc(C)cc4)nc3CO2)CC1. The molecule has 2 aliphatic rings. The van der Waals surface area contributed by atoms with Crippen molar-refractivity contribution in [3.8, 4) is 11.3 Å². The molecule has 0 bridgehead atoms. The molecule has 2 aromatic rings. The number of hydrogen-bond donors (Lipinski definition) is 1. The zero-order valence-corrected chi connectivity index (χ0v) is 16.1. The number of carbonyl (C=O) groups is 1. The van der Waals surface area contributed by atoms with Crippen LogP contribution in [-0.4, -0.2) is 52.1 Å². The zero-order chi connectivity index (χ0) is 18.8. The summed E-state index contributed by atoms with van der Waals surface area (Å²) in [7, 11) is 0. The number of likely N-dealkylation sites (tertiary alicyclic amines) is 1. The lowest BCUT2D eigenvalue weighted by Gasteiger charge is -2.33. The summed E-state index contributed by atoms with van der Waals surface area (Å²) < 4.78 is 8.24. The number of ether oxygens (including phenoxy) is 1. The predicted molar refractivity (Wildman–Crippen MR) is 104 cm³/mol. The third-order valence-corrected chi connectivity index (χ3v) is 5.63. The molecular formula is C21H28N4O2. The number of rotatable bonds is 4. The third-order valence-electron chi connectivity index (χ3n) is 5.63. The number of piperidine rings is 1. The molecule has 0 spiro atoms. The van der Waals surface area contributed by atoms with Crippen LogP contribution in [0.4, 0.5) is 0 Å². The van der Waals surface area contributed by atoms with Gasteiger partial charge in [0.1, 0.15) is 12.4 Å². The van der Waals surface area contributed by atoms with E-state index in [4.69, 9.17) is 9.72 Å². The van der Waals surface area contributed by atoms with Gasteiger partial charge in [-0.25, -0.2) is 4.98 Å². The maximum Gasteiger partial charge on any atom is 0.219 e. The van der Waals surface area contributed by atoms with Gasteiger partial charge >= 0.3 is 0 Å². The first kappa shape index (κ1) is 18.2. The Hall–Kier alpha value is -2.18. The lowest BCUT2D eigenvalue weighted by atomic mass is 10.0. The first-order chi connectivity index (χ1) is 13.1. The number of hydrogen-bond acceptors (Lipinski definition) is 4. The molecule has 0 aliphatic carbocycles. The van der Waals surface area contributed by atoms with E-state index in [9.17, 15) is 4.79 Å². The molecule has 0 radical (unpaired) electrons. The van der Waals surface area contributed by atoms with Crippen LogP contribution in [-0.2, 0) is 22.7 Å². The highest BCUT2D eigenvalue weighted by Crippen LogP contribution is 2.22. The molecule has 1 aromatic carbocycles.